The van der Waals surface area contributed by atoms with E-state index in [1.165, 1.54) is 14.8 Å². The van der Waals surface area contributed by atoms with Gasteiger partial charge in [-0.05, 0) is 38.8 Å². The quantitative estimate of drug-likeness (QED) is 0.591. The van der Waals surface area contributed by atoms with E-state index in [9.17, 15) is 13.2 Å². The van der Waals surface area contributed by atoms with Crippen molar-refractivity contribution in [2.24, 2.45) is 5.92 Å². The van der Waals surface area contributed by atoms with Gasteiger partial charge in [-0.25, -0.2) is 12.7 Å². The lowest BCUT2D eigenvalue weighted by molar-refractivity contribution is -0.125. The fourth-order valence-electron chi connectivity index (χ4n) is 2.71. The fourth-order valence-corrected chi connectivity index (χ4v) is 4.66. The molecule has 0 bridgehead atoms. The van der Waals surface area contributed by atoms with Gasteiger partial charge in [0, 0.05) is 30.3 Å². The molecule has 1 heterocycles. The SMILES string of the molecule is CCS(=O)(=O)N1CCC[C@@H](C(=O)NCCSc2ccc(C)cc2)C1. The molecular weight excluding hydrogens is 344 g/mol. The molecule has 0 saturated carbocycles. The van der Waals surface area contributed by atoms with Gasteiger partial charge >= 0.3 is 0 Å². The molecule has 5 nitrogen and oxygen atoms in total. The zero-order valence-corrected chi connectivity index (χ0v) is 16.0. The summed E-state index contributed by atoms with van der Waals surface area (Å²) in [6.07, 6.45) is 1.50. The summed E-state index contributed by atoms with van der Waals surface area (Å²) in [7, 11) is -3.20. The molecule has 1 saturated heterocycles. The van der Waals surface area contributed by atoms with Gasteiger partial charge in [0.15, 0.2) is 0 Å². The van der Waals surface area contributed by atoms with Crippen molar-refractivity contribution in [2.75, 3.05) is 31.1 Å². The maximum atomic E-state index is 12.3. The predicted octanol–water partition coefficient (Wildman–Crippen LogP) is 2.27. The molecule has 2 rings (SSSR count). The van der Waals surface area contributed by atoms with Crippen molar-refractivity contribution in [3.63, 3.8) is 0 Å². The molecule has 0 unspecified atom stereocenters. The molecule has 1 fully saturated rings. The Hall–Kier alpha value is -1.05. The highest BCUT2D eigenvalue weighted by atomic mass is 32.2. The molecule has 1 atom stereocenters. The summed E-state index contributed by atoms with van der Waals surface area (Å²) in [5.41, 5.74) is 1.23. The molecule has 1 aromatic carbocycles. The Labute approximate surface area is 149 Å². The van der Waals surface area contributed by atoms with E-state index in [1.807, 2.05) is 0 Å². The number of aryl methyl sites for hydroxylation is 1. The van der Waals surface area contributed by atoms with Gasteiger partial charge in [-0.1, -0.05) is 17.7 Å². The zero-order chi connectivity index (χ0) is 17.6. The van der Waals surface area contributed by atoms with E-state index in [-0.39, 0.29) is 17.6 Å². The molecule has 24 heavy (non-hydrogen) atoms. The van der Waals surface area contributed by atoms with Crippen LogP contribution in [0.25, 0.3) is 0 Å². The molecule has 1 aromatic rings. The monoisotopic (exact) mass is 370 g/mol. The Morgan fingerprint density at radius 1 is 1.33 bits per heavy atom. The van der Waals surface area contributed by atoms with Crippen LogP contribution >= 0.6 is 11.8 Å². The number of hydrogen-bond donors (Lipinski definition) is 1. The first-order valence-corrected chi connectivity index (χ1v) is 11.0. The smallest absolute Gasteiger partial charge is 0.224 e. The van der Waals surface area contributed by atoms with Crippen LogP contribution in [-0.4, -0.2) is 49.8 Å². The van der Waals surface area contributed by atoms with Crippen molar-refractivity contribution in [3.8, 4) is 0 Å². The summed E-state index contributed by atoms with van der Waals surface area (Å²) in [5.74, 6) is 0.632. The van der Waals surface area contributed by atoms with E-state index < -0.39 is 10.0 Å². The Morgan fingerprint density at radius 3 is 2.71 bits per heavy atom. The number of benzene rings is 1. The Kier molecular flexibility index (Phi) is 7.13. The first kappa shape index (κ1) is 19.3. The standard InChI is InChI=1S/C17H26N2O3S2/c1-3-24(21,22)19-11-4-5-15(13-19)17(20)18-10-12-23-16-8-6-14(2)7-9-16/h6-9,15H,3-5,10-13H2,1-2H3,(H,18,20)/t15-/m1/s1. The first-order valence-electron chi connectivity index (χ1n) is 8.37. The molecule has 0 aromatic heterocycles. The van der Waals surface area contributed by atoms with Crippen LogP contribution in [0, 0.1) is 12.8 Å². The van der Waals surface area contributed by atoms with Gasteiger partial charge in [0.2, 0.25) is 15.9 Å². The molecule has 0 aliphatic carbocycles. The van der Waals surface area contributed by atoms with Crippen molar-refractivity contribution >= 4 is 27.7 Å². The molecule has 1 aliphatic rings. The number of nitrogens with zero attached hydrogens (tertiary/aromatic N) is 1. The van der Waals surface area contributed by atoms with E-state index in [4.69, 9.17) is 0 Å². The van der Waals surface area contributed by atoms with Gasteiger partial charge in [-0.3, -0.25) is 4.79 Å². The minimum atomic E-state index is -3.20. The van der Waals surface area contributed by atoms with Crippen molar-refractivity contribution in [2.45, 2.75) is 31.6 Å². The summed E-state index contributed by atoms with van der Waals surface area (Å²) in [6.45, 7) is 5.13. The van der Waals surface area contributed by atoms with Gasteiger partial charge in [0.25, 0.3) is 0 Å². The lowest BCUT2D eigenvalue weighted by atomic mass is 9.99. The zero-order valence-electron chi connectivity index (χ0n) is 14.3. The van der Waals surface area contributed by atoms with Gasteiger partial charge in [0.1, 0.15) is 0 Å². The van der Waals surface area contributed by atoms with Crippen molar-refractivity contribution in [3.05, 3.63) is 29.8 Å². The number of carbonyl (C=O) groups is 1. The van der Waals surface area contributed by atoms with Crippen LogP contribution < -0.4 is 5.32 Å². The largest absolute Gasteiger partial charge is 0.355 e. The van der Waals surface area contributed by atoms with Gasteiger partial charge < -0.3 is 5.32 Å². The molecular formula is C17H26N2O3S2. The third kappa shape index (κ3) is 5.50. The number of thioether (sulfide) groups is 1. The fraction of sp³-hybridized carbons (Fsp3) is 0.588. The number of hydrogen-bond acceptors (Lipinski definition) is 4. The molecule has 1 amide bonds. The highest BCUT2D eigenvalue weighted by Crippen LogP contribution is 2.20. The van der Waals surface area contributed by atoms with Crippen LogP contribution in [0.3, 0.4) is 0 Å². The summed E-state index contributed by atoms with van der Waals surface area (Å²) < 4.78 is 25.4. The van der Waals surface area contributed by atoms with E-state index >= 15 is 0 Å². The lowest BCUT2D eigenvalue weighted by Gasteiger charge is -2.30. The molecule has 1 N–H and O–H groups in total. The summed E-state index contributed by atoms with van der Waals surface area (Å²) >= 11 is 1.71. The Balaban J connectivity index is 1.75. The van der Waals surface area contributed by atoms with Crippen LogP contribution in [0.4, 0.5) is 0 Å². The van der Waals surface area contributed by atoms with Gasteiger partial charge in [0.05, 0.1) is 11.7 Å². The number of carbonyl (C=O) groups excluding carboxylic acids is 1. The predicted molar refractivity (Wildman–Crippen MR) is 98.7 cm³/mol. The average molecular weight is 371 g/mol. The normalized spacial score (nSPS) is 19.2. The van der Waals surface area contributed by atoms with E-state index in [0.29, 0.717) is 19.6 Å². The molecule has 0 radical (unpaired) electrons. The van der Waals surface area contributed by atoms with Crippen molar-refractivity contribution in [1.82, 2.24) is 9.62 Å². The van der Waals surface area contributed by atoms with Crippen LogP contribution in [0.2, 0.25) is 0 Å². The van der Waals surface area contributed by atoms with E-state index in [1.54, 1.807) is 18.7 Å². The number of rotatable bonds is 7. The van der Waals surface area contributed by atoms with Crippen LogP contribution in [-0.2, 0) is 14.8 Å². The molecule has 134 valence electrons. The van der Waals surface area contributed by atoms with Gasteiger partial charge in [-0.15, -0.1) is 11.8 Å². The van der Waals surface area contributed by atoms with Crippen LogP contribution in [0.5, 0.6) is 0 Å². The third-order valence-corrected chi connectivity index (χ3v) is 7.07. The number of piperidine rings is 1. The maximum Gasteiger partial charge on any atom is 0.224 e. The first-order chi connectivity index (χ1) is 11.4. The highest BCUT2D eigenvalue weighted by molar-refractivity contribution is 7.99. The average Bonchev–Trinajstić information content (AvgIpc) is 2.60. The summed E-state index contributed by atoms with van der Waals surface area (Å²) in [5, 5.41) is 2.94. The molecule has 1 aliphatic heterocycles. The van der Waals surface area contributed by atoms with E-state index in [0.717, 1.165) is 18.6 Å². The van der Waals surface area contributed by atoms with Crippen molar-refractivity contribution in [1.29, 1.82) is 0 Å². The molecule has 0 spiro atoms. The number of sulfonamides is 1. The van der Waals surface area contributed by atoms with Crippen molar-refractivity contribution < 1.29 is 13.2 Å². The summed E-state index contributed by atoms with van der Waals surface area (Å²) in [6, 6.07) is 8.31. The summed E-state index contributed by atoms with van der Waals surface area (Å²) in [4.78, 5) is 13.5. The topological polar surface area (TPSA) is 66.5 Å². The maximum absolute atomic E-state index is 12.3. The minimum Gasteiger partial charge on any atom is -0.355 e. The number of amides is 1. The second-order valence-electron chi connectivity index (χ2n) is 6.05. The molecule has 7 heteroatoms. The van der Waals surface area contributed by atoms with Gasteiger partial charge in [-0.2, -0.15) is 0 Å². The Morgan fingerprint density at radius 2 is 2.04 bits per heavy atom. The minimum absolute atomic E-state index is 0.0319. The third-order valence-electron chi connectivity index (χ3n) is 4.20. The van der Waals surface area contributed by atoms with E-state index in [2.05, 4.69) is 36.5 Å². The number of nitrogens with one attached hydrogen (secondary N) is 1. The van der Waals surface area contributed by atoms with Crippen LogP contribution in [0.1, 0.15) is 25.3 Å². The lowest BCUT2D eigenvalue weighted by Crippen LogP contribution is -2.46. The second-order valence-corrected chi connectivity index (χ2v) is 9.48. The second kappa shape index (κ2) is 8.87. The van der Waals surface area contributed by atoms with Crippen LogP contribution in [0.15, 0.2) is 29.2 Å². The highest BCUT2D eigenvalue weighted by Gasteiger charge is 2.31. The Bertz CT molecular complexity index is 644.